The van der Waals surface area contributed by atoms with Crippen molar-refractivity contribution in [1.29, 1.82) is 0 Å². The summed E-state index contributed by atoms with van der Waals surface area (Å²) in [6, 6.07) is 11.5. The van der Waals surface area contributed by atoms with E-state index in [1.165, 1.54) is 0 Å². The number of anilines is 2. The molecule has 7 heteroatoms. The van der Waals surface area contributed by atoms with E-state index in [9.17, 15) is 0 Å². The lowest BCUT2D eigenvalue weighted by atomic mass is 10.2. The third kappa shape index (κ3) is 4.62. The van der Waals surface area contributed by atoms with Gasteiger partial charge in [0.15, 0.2) is 5.82 Å². The third-order valence-corrected chi connectivity index (χ3v) is 3.37. The summed E-state index contributed by atoms with van der Waals surface area (Å²) in [6.07, 6.45) is 5.12. The molecule has 3 rings (SSSR count). The van der Waals surface area contributed by atoms with Crippen LogP contribution < -0.4 is 10.6 Å². The average molecular weight is 327 g/mol. The standard InChI is InChI=1S/C16H15ClN6/c17-14-5-3-12(4-6-14)9-19-15-11-21-23-16(22-15)20-10-13-2-1-7-18-8-13/h1-8,11H,9-10H2,(H2,19,20,22,23). The lowest BCUT2D eigenvalue weighted by Gasteiger charge is -2.08. The van der Waals surface area contributed by atoms with E-state index in [2.05, 4.69) is 30.8 Å². The summed E-state index contributed by atoms with van der Waals surface area (Å²) in [4.78, 5) is 8.44. The molecular formula is C16H15ClN6. The van der Waals surface area contributed by atoms with Crippen LogP contribution in [0, 0.1) is 0 Å². The van der Waals surface area contributed by atoms with Crippen LogP contribution in [0.25, 0.3) is 0 Å². The van der Waals surface area contributed by atoms with Gasteiger partial charge < -0.3 is 10.6 Å². The molecule has 1 aromatic carbocycles. The second-order valence-corrected chi connectivity index (χ2v) is 5.30. The van der Waals surface area contributed by atoms with Crippen LogP contribution >= 0.6 is 11.6 Å². The zero-order valence-electron chi connectivity index (χ0n) is 12.3. The molecule has 116 valence electrons. The van der Waals surface area contributed by atoms with Crippen molar-refractivity contribution in [1.82, 2.24) is 20.2 Å². The van der Waals surface area contributed by atoms with Crippen molar-refractivity contribution in [3.63, 3.8) is 0 Å². The molecule has 0 unspecified atom stereocenters. The van der Waals surface area contributed by atoms with Crippen LogP contribution in [0.5, 0.6) is 0 Å². The summed E-state index contributed by atoms with van der Waals surface area (Å²) >= 11 is 5.87. The summed E-state index contributed by atoms with van der Waals surface area (Å²) in [5.74, 6) is 1.12. The molecule has 0 saturated heterocycles. The minimum absolute atomic E-state index is 0.468. The first-order valence-electron chi connectivity index (χ1n) is 7.10. The Morgan fingerprint density at radius 3 is 2.52 bits per heavy atom. The van der Waals surface area contributed by atoms with Gasteiger partial charge in [0.1, 0.15) is 0 Å². The molecule has 6 nitrogen and oxygen atoms in total. The highest BCUT2D eigenvalue weighted by Gasteiger charge is 2.01. The maximum Gasteiger partial charge on any atom is 0.244 e. The van der Waals surface area contributed by atoms with E-state index >= 15 is 0 Å². The van der Waals surface area contributed by atoms with E-state index < -0.39 is 0 Å². The van der Waals surface area contributed by atoms with Crippen molar-refractivity contribution in [2.45, 2.75) is 13.1 Å². The Morgan fingerprint density at radius 1 is 0.913 bits per heavy atom. The minimum Gasteiger partial charge on any atom is -0.365 e. The Morgan fingerprint density at radius 2 is 1.74 bits per heavy atom. The number of rotatable bonds is 6. The molecule has 0 aliphatic heterocycles. The highest BCUT2D eigenvalue weighted by molar-refractivity contribution is 6.30. The van der Waals surface area contributed by atoms with Crippen molar-refractivity contribution >= 4 is 23.4 Å². The molecule has 0 amide bonds. The maximum atomic E-state index is 5.87. The van der Waals surface area contributed by atoms with Crippen molar-refractivity contribution in [2.24, 2.45) is 0 Å². The second kappa shape index (κ2) is 7.51. The normalized spacial score (nSPS) is 10.3. The summed E-state index contributed by atoms with van der Waals surface area (Å²) in [6.45, 7) is 1.23. The number of halogens is 1. The van der Waals surface area contributed by atoms with Crippen molar-refractivity contribution in [3.8, 4) is 0 Å². The molecule has 0 saturated carbocycles. The topological polar surface area (TPSA) is 75.6 Å². The smallest absolute Gasteiger partial charge is 0.244 e. The van der Waals surface area contributed by atoms with Crippen LogP contribution in [-0.4, -0.2) is 20.2 Å². The SMILES string of the molecule is Clc1ccc(CNc2cnnc(NCc3cccnc3)n2)cc1. The molecule has 23 heavy (non-hydrogen) atoms. The molecule has 2 heterocycles. The number of hydrogen-bond donors (Lipinski definition) is 2. The zero-order valence-corrected chi connectivity index (χ0v) is 13.0. The van der Waals surface area contributed by atoms with E-state index in [1.54, 1.807) is 18.6 Å². The van der Waals surface area contributed by atoms with Crippen LogP contribution in [0.15, 0.2) is 55.0 Å². The Kier molecular flexibility index (Phi) is 4.95. The predicted octanol–water partition coefficient (Wildman–Crippen LogP) is 3.14. The molecule has 0 radical (unpaired) electrons. The van der Waals surface area contributed by atoms with Crippen LogP contribution in [0.4, 0.5) is 11.8 Å². The molecule has 0 aliphatic carbocycles. The van der Waals surface area contributed by atoms with Crippen LogP contribution in [0.1, 0.15) is 11.1 Å². The van der Waals surface area contributed by atoms with Gasteiger partial charge in [0.2, 0.25) is 5.95 Å². The van der Waals surface area contributed by atoms with Gasteiger partial charge in [-0.25, -0.2) is 0 Å². The zero-order chi connectivity index (χ0) is 15.9. The van der Waals surface area contributed by atoms with E-state index in [-0.39, 0.29) is 0 Å². The average Bonchev–Trinajstić information content (AvgIpc) is 2.61. The molecule has 3 aromatic rings. The lowest BCUT2D eigenvalue weighted by Crippen LogP contribution is -2.08. The van der Waals surface area contributed by atoms with E-state index in [0.717, 1.165) is 16.1 Å². The first kappa shape index (κ1) is 15.2. The second-order valence-electron chi connectivity index (χ2n) is 4.86. The van der Waals surface area contributed by atoms with Crippen LogP contribution in [-0.2, 0) is 13.1 Å². The van der Waals surface area contributed by atoms with Gasteiger partial charge in [0.25, 0.3) is 0 Å². The molecule has 0 aliphatic rings. The molecule has 0 fully saturated rings. The highest BCUT2D eigenvalue weighted by atomic mass is 35.5. The van der Waals surface area contributed by atoms with Gasteiger partial charge >= 0.3 is 0 Å². The molecule has 0 spiro atoms. The fourth-order valence-electron chi connectivity index (χ4n) is 1.94. The number of aromatic nitrogens is 4. The fraction of sp³-hybridized carbons (Fsp3) is 0.125. The van der Waals surface area contributed by atoms with Crippen molar-refractivity contribution < 1.29 is 0 Å². The monoisotopic (exact) mass is 326 g/mol. The summed E-state index contributed by atoms with van der Waals surface area (Å²) in [7, 11) is 0. The van der Waals surface area contributed by atoms with E-state index in [0.29, 0.717) is 24.9 Å². The Bertz CT molecular complexity index is 748. The van der Waals surface area contributed by atoms with E-state index in [1.807, 2.05) is 36.4 Å². The Labute approximate surface area is 139 Å². The largest absolute Gasteiger partial charge is 0.365 e. The van der Waals surface area contributed by atoms with Gasteiger partial charge in [-0.15, -0.1) is 5.10 Å². The Hall–Kier alpha value is -2.73. The van der Waals surface area contributed by atoms with Crippen LogP contribution in [0.3, 0.4) is 0 Å². The van der Waals surface area contributed by atoms with Crippen molar-refractivity contribution in [2.75, 3.05) is 10.6 Å². The van der Waals surface area contributed by atoms with Crippen LogP contribution in [0.2, 0.25) is 5.02 Å². The number of nitrogens with zero attached hydrogens (tertiary/aromatic N) is 4. The number of nitrogens with one attached hydrogen (secondary N) is 2. The van der Waals surface area contributed by atoms with Gasteiger partial charge in [-0.2, -0.15) is 10.1 Å². The molecule has 0 bridgehead atoms. The number of pyridine rings is 1. The van der Waals surface area contributed by atoms with Gasteiger partial charge in [0.05, 0.1) is 6.20 Å². The lowest BCUT2D eigenvalue weighted by molar-refractivity contribution is 0.935. The molecular weight excluding hydrogens is 312 g/mol. The minimum atomic E-state index is 0.468. The summed E-state index contributed by atoms with van der Waals surface area (Å²) in [5, 5.41) is 15.0. The van der Waals surface area contributed by atoms with Gasteiger partial charge in [0, 0.05) is 30.5 Å². The number of hydrogen-bond acceptors (Lipinski definition) is 6. The van der Waals surface area contributed by atoms with Gasteiger partial charge in [-0.1, -0.05) is 29.8 Å². The van der Waals surface area contributed by atoms with Crippen molar-refractivity contribution in [3.05, 3.63) is 71.1 Å². The molecule has 0 atom stereocenters. The first-order valence-corrected chi connectivity index (χ1v) is 7.48. The van der Waals surface area contributed by atoms with Gasteiger partial charge in [-0.3, -0.25) is 4.98 Å². The third-order valence-electron chi connectivity index (χ3n) is 3.12. The maximum absolute atomic E-state index is 5.87. The van der Waals surface area contributed by atoms with E-state index in [4.69, 9.17) is 11.6 Å². The quantitative estimate of drug-likeness (QED) is 0.724. The highest BCUT2D eigenvalue weighted by Crippen LogP contribution is 2.11. The molecule has 2 aromatic heterocycles. The Balaban J connectivity index is 1.57. The summed E-state index contributed by atoms with van der Waals surface area (Å²) in [5.41, 5.74) is 2.16. The fourth-order valence-corrected chi connectivity index (χ4v) is 2.07. The van der Waals surface area contributed by atoms with Gasteiger partial charge in [-0.05, 0) is 29.3 Å². The molecule has 2 N–H and O–H groups in total. The summed E-state index contributed by atoms with van der Waals surface area (Å²) < 4.78 is 0. The number of benzene rings is 1. The first-order chi connectivity index (χ1) is 11.3. The predicted molar refractivity (Wildman–Crippen MR) is 90.2 cm³/mol.